The van der Waals surface area contributed by atoms with Gasteiger partial charge < -0.3 is 46.9 Å². The summed E-state index contributed by atoms with van der Waals surface area (Å²) in [6.07, 6.45) is 4.56. The third-order valence-electron chi connectivity index (χ3n) is 10.3. The average molecular weight is 873 g/mol. The maximum Gasteiger partial charge on any atom is 0.407 e. The average Bonchev–Trinajstić information content (AvgIpc) is 3.29. The van der Waals surface area contributed by atoms with Crippen molar-refractivity contribution >= 4 is 41.7 Å². The van der Waals surface area contributed by atoms with Crippen LogP contribution in [0.2, 0.25) is 0 Å². The second kappa shape index (κ2) is 28.3. The molecular formula is C47H64N6O10. The number of carboxylic acids is 1. The van der Waals surface area contributed by atoms with Gasteiger partial charge in [0.2, 0.25) is 17.7 Å². The molecule has 342 valence electrons. The quantitative estimate of drug-likeness (QED) is 0.0381. The second-order valence-corrected chi connectivity index (χ2v) is 15.3. The Morgan fingerprint density at radius 2 is 1.24 bits per heavy atom. The lowest BCUT2D eigenvalue weighted by molar-refractivity contribution is -0.145. The van der Waals surface area contributed by atoms with E-state index in [1.54, 1.807) is 12.1 Å². The number of carbonyl (C=O) groups is 7. The van der Waals surface area contributed by atoms with Crippen LogP contribution in [0.1, 0.15) is 106 Å². The summed E-state index contributed by atoms with van der Waals surface area (Å²) in [6, 6.07) is 19.9. The molecule has 5 amide bonds. The molecule has 0 fully saturated rings. The van der Waals surface area contributed by atoms with Crippen LogP contribution in [0, 0.1) is 0 Å². The van der Waals surface area contributed by atoms with Gasteiger partial charge in [0.15, 0.2) is 0 Å². The van der Waals surface area contributed by atoms with Gasteiger partial charge in [-0.15, -0.1) is 0 Å². The number of esters is 1. The Morgan fingerprint density at radius 3 is 1.87 bits per heavy atom. The van der Waals surface area contributed by atoms with Crippen LogP contribution in [0.4, 0.5) is 4.79 Å². The van der Waals surface area contributed by atoms with Crippen LogP contribution in [0.15, 0.2) is 78.9 Å². The summed E-state index contributed by atoms with van der Waals surface area (Å²) in [4.78, 5) is 90.4. The van der Waals surface area contributed by atoms with E-state index in [0.717, 1.165) is 36.0 Å². The molecule has 0 heterocycles. The minimum absolute atomic E-state index is 0.0106. The number of ether oxygens (including phenoxy) is 2. The number of hydrogen-bond donors (Lipinski definition) is 7. The van der Waals surface area contributed by atoms with Gasteiger partial charge in [-0.1, -0.05) is 80.1 Å². The highest BCUT2D eigenvalue weighted by molar-refractivity contribution is 5.99. The zero-order valence-corrected chi connectivity index (χ0v) is 36.6. The summed E-state index contributed by atoms with van der Waals surface area (Å²) in [5.41, 5.74) is 9.83. The monoisotopic (exact) mass is 872 g/mol. The molecule has 0 bridgehead atoms. The van der Waals surface area contributed by atoms with Gasteiger partial charge >= 0.3 is 18.0 Å². The Morgan fingerprint density at radius 1 is 0.651 bits per heavy atom. The molecule has 0 radical (unpaired) electrons. The van der Waals surface area contributed by atoms with Gasteiger partial charge in [-0.2, -0.15) is 0 Å². The molecule has 0 aromatic heterocycles. The van der Waals surface area contributed by atoms with Crippen molar-refractivity contribution in [3.63, 3.8) is 0 Å². The summed E-state index contributed by atoms with van der Waals surface area (Å²) in [7, 11) is 1.20. The van der Waals surface area contributed by atoms with Crippen molar-refractivity contribution in [1.29, 1.82) is 0 Å². The zero-order chi connectivity index (χ0) is 46.0. The minimum Gasteiger partial charge on any atom is -0.481 e. The van der Waals surface area contributed by atoms with E-state index in [1.807, 2.05) is 54.6 Å². The first-order valence-electron chi connectivity index (χ1n) is 21.7. The van der Waals surface area contributed by atoms with Gasteiger partial charge in [0.05, 0.1) is 7.11 Å². The van der Waals surface area contributed by atoms with E-state index in [0.29, 0.717) is 37.8 Å². The first-order valence-corrected chi connectivity index (χ1v) is 21.7. The van der Waals surface area contributed by atoms with Crippen LogP contribution in [0.5, 0.6) is 0 Å². The SMILES string of the molecule is CCCCc1ccc(-c2ccc(C(=O)N[C@@H](CCCCNC(=O)OCc3ccccc3)C(=O)N[C@@H](CCCC(=O)O)C(=O)N[C@@H](C)C(=O)N[C@@H](CCCCN)C(=O)OC)cc2)cc1. The number of hydrogen-bond acceptors (Lipinski definition) is 10. The Bertz CT molecular complexity index is 1910. The Labute approximate surface area is 369 Å². The minimum atomic E-state index is -1.29. The normalized spacial score (nSPS) is 12.7. The number of nitrogens with two attached hydrogens (primary N) is 1. The summed E-state index contributed by atoms with van der Waals surface area (Å²) in [5.74, 6) is -4.46. The van der Waals surface area contributed by atoms with Gasteiger partial charge in [-0.3, -0.25) is 24.0 Å². The van der Waals surface area contributed by atoms with E-state index < -0.39 is 65.8 Å². The lowest BCUT2D eigenvalue weighted by atomic mass is 10.0. The standard InChI is InChI=1S/C47H64N6O10/c1-4-5-14-33-21-23-35(24-22-33)36-25-27-37(28-26-36)43(57)51-38(17-10-12-30-49-47(61)63-31-34-15-7-6-8-16-34)45(59)52-39(19-13-20-41(54)55)44(58)50-32(2)42(56)53-40(46(60)62-3)18-9-11-29-48/h6-8,15-16,21-28,32,38-40H,4-5,9-14,17-20,29-31,48H2,1-3H3,(H,49,61)(H,50,58)(H,51,57)(H,52,59)(H,53,56)(H,54,55)/t32-,38-,39-,40-/m0/s1. The van der Waals surface area contributed by atoms with Gasteiger partial charge in [-0.25, -0.2) is 9.59 Å². The van der Waals surface area contributed by atoms with Gasteiger partial charge in [0.1, 0.15) is 30.8 Å². The van der Waals surface area contributed by atoms with E-state index in [4.69, 9.17) is 15.2 Å². The lowest BCUT2D eigenvalue weighted by Gasteiger charge is -2.25. The highest BCUT2D eigenvalue weighted by Gasteiger charge is 2.30. The number of rotatable bonds is 28. The first kappa shape index (κ1) is 51.1. The Balaban J connectivity index is 1.73. The largest absolute Gasteiger partial charge is 0.481 e. The first-order chi connectivity index (χ1) is 30.3. The number of amides is 5. The molecular weight excluding hydrogens is 809 g/mol. The van der Waals surface area contributed by atoms with E-state index in [2.05, 4.69) is 45.6 Å². The van der Waals surface area contributed by atoms with Crippen molar-refractivity contribution in [1.82, 2.24) is 26.6 Å². The summed E-state index contributed by atoms with van der Waals surface area (Å²) in [5, 5.41) is 22.6. The maximum absolute atomic E-state index is 14.0. The molecule has 0 aliphatic rings. The van der Waals surface area contributed by atoms with E-state index >= 15 is 0 Å². The Kier molecular flexibility index (Phi) is 23.0. The molecule has 63 heavy (non-hydrogen) atoms. The van der Waals surface area contributed by atoms with Gasteiger partial charge in [0, 0.05) is 18.5 Å². The third kappa shape index (κ3) is 19.1. The highest BCUT2D eigenvalue weighted by Crippen LogP contribution is 2.21. The number of aryl methyl sites for hydroxylation is 1. The van der Waals surface area contributed by atoms with E-state index in [1.165, 1.54) is 19.6 Å². The number of aliphatic carboxylic acids is 1. The smallest absolute Gasteiger partial charge is 0.407 e. The van der Waals surface area contributed by atoms with Crippen molar-refractivity contribution in [2.45, 2.75) is 122 Å². The number of carbonyl (C=O) groups excluding carboxylic acids is 6. The highest BCUT2D eigenvalue weighted by atomic mass is 16.5. The van der Waals surface area contributed by atoms with Crippen LogP contribution in [-0.2, 0) is 46.5 Å². The van der Waals surface area contributed by atoms with Crippen LogP contribution < -0.4 is 32.3 Å². The fourth-order valence-electron chi connectivity index (χ4n) is 6.57. The number of methoxy groups -OCH3 is 1. The van der Waals surface area contributed by atoms with E-state index in [-0.39, 0.29) is 45.3 Å². The van der Waals surface area contributed by atoms with Crippen LogP contribution in [0.3, 0.4) is 0 Å². The molecule has 0 aliphatic carbocycles. The summed E-state index contributed by atoms with van der Waals surface area (Å²) in [6.45, 7) is 4.28. The molecule has 3 aromatic carbocycles. The number of nitrogens with one attached hydrogen (secondary N) is 5. The van der Waals surface area contributed by atoms with E-state index in [9.17, 15) is 38.7 Å². The molecule has 0 unspecified atom stereocenters. The van der Waals surface area contributed by atoms with Crippen molar-refractivity contribution < 1.29 is 48.1 Å². The molecule has 3 rings (SSSR count). The van der Waals surface area contributed by atoms with Crippen molar-refractivity contribution in [2.24, 2.45) is 5.73 Å². The molecule has 4 atom stereocenters. The molecule has 16 nitrogen and oxygen atoms in total. The van der Waals surface area contributed by atoms with Crippen LogP contribution >= 0.6 is 0 Å². The van der Waals surface area contributed by atoms with Crippen LogP contribution in [0.25, 0.3) is 11.1 Å². The molecule has 8 N–H and O–H groups in total. The molecule has 0 spiro atoms. The molecule has 0 aliphatic heterocycles. The molecule has 0 saturated carbocycles. The fraction of sp³-hybridized carbons (Fsp3) is 0.468. The van der Waals surface area contributed by atoms with Gasteiger partial charge in [-0.05, 0) is 112 Å². The molecule has 16 heteroatoms. The number of benzene rings is 3. The topological polar surface area (TPSA) is 244 Å². The van der Waals surface area contributed by atoms with Crippen molar-refractivity contribution in [3.8, 4) is 11.1 Å². The Hall–Kier alpha value is -6.29. The second-order valence-electron chi connectivity index (χ2n) is 15.3. The molecule has 3 aromatic rings. The third-order valence-corrected chi connectivity index (χ3v) is 10.3. The fourth-order valence-corrected chi connectivity index (χ4v) is 6.57. The maximum atomic E-state index is 14.0. The predicted molar refractivity (Wildman–Crippen MR) is 238 cm³/mol. The van der Waals surface area contributed by atoms with Crippen LogP contribution in [-0.4, -0.2) is 91.1 Å². The molecule has 0 saturated heterocycles. The predicted octanol–water partition coefficient (Wildman–Crippen LogP) is 4.92. The lowest BCUT2D eigenvalue weighted by Crippen LogP contribution is -2.57. The summed E-state index contributed by atoms with van der Waals surface area (Å²) < 4.78 is 10.1. The van der Waals surface area contributed by atoms with Gasteiger partial charge in [0.25, 0.3) is 5.91 Å². The number of unbranched alkanes of at least 4 members (excludes halogenated alkanes) is 3. The van der Waals surface area contributed by atoms with Crippen molar-refractivity contribution in [3.05, 3.63) is 95.6 Å². The van der Waals surface area contributed by atoms with Crippen molar-refractivity contribution in [2.75, 3.05) is 20.2 Å². The summed E-state index contributed by atoms with van der Waals surface area (Å²) >= 11 is 0. The zero-order valence-electron chi connectivity index (χ0n) is 36.6. The number of alkyl carbamates (subject to hydrolysis) is 1. The number of carboxylic acid groups (broad SMARTS) is 1.